The summed E-state index contributed by atoms with van der Waals surface area (Å²) in [6.07, 6.45) is 1.90. The maximum Gasteiger partial charge on any atom is 0.122 e. The molecule has 2 rings (SSSR count). The third kappa shape index (κ3) is 2.13. The second-order valence-electron chi connectivity index (χ2n) is 4.03. The number of rotatable bonds is 4. The van der Waals surface area contributed by atoms with Crippen LogP contribution >= 0.6 is 0 Å². The summed E-state index contributed by atoms with van der Waals surface area (Å²) >= 11 is 0. The van der Waals surface area contributed by atoms with E-state index in [4.69, 9.17) is 10.5 Å². The van der Waals surface area contributed by atoms with Gasteiger partial charge in [-0.05, 0) is 36.0 Å². The predicted octanol–water partition coefficient (Wildman–Crippen LogP) is 1.56. The van der Waals surface area contributed by atoms with E-state index in [-0.39, 0.29) is 6.54 Å². The second-order valence-corrected chi connectivity index (χ2v) is 4.03. The number of hydrogen-bond acceptors (Lipinski definition) is 3. The van der Waals surface area contributed by atoms with Crippen LogP contribution in [0.4, 0.5) is 0 Å². The number of benzene rings is 1. The van der Waals surface area contributed by atoms with Crippen LogP contribution in [0.3, 0.4) is 0 Å². The Balaban J connectivity index is 2.29. The average Bonchev–Trinajstić information content (AvgIpc) is 3.11. The van der Waals surface area contributed by atoms with Gasteiger partial charge in [-0.3, -0.25) is 0 Å². The normalized spacial score (nSPS) is 17.5. The van der Waals surface area contributed by atoms with Crippen molar-refractivity contribution in [3.05, 3.63) is 29.3 Å². The van der Waals surface area contributed by atoms with Crippen LogP contribution in [0.1, 0.15) is 36.0 Å². The second kappa shape index (κ2) is 4.21. The lowest BCUT2D eigenvalue weighted by Crippen LogP contribution is -2.11. The summed E-state index contributed by atoms with van der Waals surface area (Å²) < 4.78 is 5.33. The Morgan fingerprint density at radius 3 is 2.80 bits per heavy atom. The van der Waals surface area contributed by atoms with Crippen molar-refractivity contribution in [3.8, 4) is 5.75 Å². The van der Waals surface area contributed by atoms with E-state index in [2.05, 4.69) is 0 Å². The molecule has 1 aliphatic rings. The molecule has 0 saturated heterocycles. The molecule has 1 aromatic carbocycles. The molecule has 15 heavy (non-hydrogen) atoms. The number of methoxy groups -OCH3 is 1. The molecule has 82 valence electrons. The van der Waals surface area contributed by atoms with Crippen molar-refractivity contribution in [1.29, 1.82) is 0 Å². The Hall–Kier alpha value is -1.06. The smallest absolute Gasteiger partial charge is 0.122 e. The van der Waals surface area contributed by atoms with Crippen LogP contribution < -0.4 is 10.5 Å². The molecule has 0 spiro atoms. The average molecular weight is 207 g/mol. The first kappa shape index (κ1) is 10.5. The topological polar surface area (TPSA) is 55.5 Å². The summed E-state index contributed by atoms with van der Waals surface area (Å²) in [5.41, 5.74) is 7.50. The molecule has 1 aromatic rings. The zero-order chi connectivity index (χ0) is 10.8. The molecule has 3 heteroatoms. The molecule has 3 nitrogen and oxygen atoms in total. The number of aliphatic hydroxyl groups excluding tert-OH is 1. The highest BCUT2D eigenvalue weighted by Gasteiger charge is 2.26. The van der Waals surface area contributed by atoms with Crippen molar-refractivity contribution < 1.29 is 9.84 Å². The Kier molecular flexibility index (Phi) is 2.93. The van der Waals surface area contributed by atoms with E-state index in [0.717, 1.165) is 11.3 Å². The monoisotopic (exact) mass is 207 g/mol. The summed E-state index contributed by atoms with van der Waals surface area (Å²) in [6.45, 7) is 0.242. The number of ether oxygens (including phenoxy) is 1. The minimum Gasteiger partial charge on any atom is -0.496 e. The van der Waals surface area contributed by atoms with Crippen LogP contribution in [0.15, 0.2) is 18.2 Å². The molecule has 0 aliphatic heterocycles. The first-order valence-corrected chi connectivity index (χ1v) is 5.32. The van der Waals surface area contributed by atoms with Gasteiger partial charge in [0.25, 0.3) is 0 Å². The van der Waals surface area contributed by atoms with Crippen molar-refractivity contribution >= 4 is 0 Å². The van der Waals surface area contributed by atoms with Crippen molar-refractivity contribution in [2.45, 2.75) is 24.9 Å². The summed E-state index contributed by atoms with van der Waals surface area (Å²) in [5.74, 6) is 1.53. The van der Waals surface area contributed by atoms with Gasteiger partial charge in [-0.15, -0.1) is 0 Å². The van der Waals surface area contributed by atoms with Gasteiger partial charge in [-0.2, -0.15) is 0 Å². The Bertz CT molecular complexity index is 347. The van der Waals surface area contributed by atoms with Gasteiger partial charge < -0.3 is 15.6 Å². The zero-order valence-corrected chi connectivity index (χ0v) is 8.94. The molecule has 3 N–H and O–H groups in total. The largest absolute Gasteiger partial charge is 0.496 e. The van der Waals surface area contributed by atoms with Crippen molar-refractivity contribution in [2.24, 2.45) is 5.73 Å². The SMILES string of the molecule is COc1cc(C(O)CN)ccc1C1CC1. The maximum atomic E-state index is 9.61. The van der Waals surface area contributed by atoms with E-state index < -0.39 is 6.10 Å². The third-order valence-electron chi connectivity index (χ3n) is 2.88. The van der Waals surface area contributed by atoms with Crippen LogP contribution in [-0.4, -0.2) is 18.8 Å². The molecule has 0 heterocycles. The van der Waals surface area contributed by atoms with Gasteiger partial charge >= 0.3 is 0 Å². The van der Waals surface area contributed by atoms with Gasteiger partial charge in [-0.25, -0.2) is 0 Å². The zero-order valence-electron chi connectivity index (χ0n) is 8.94. The highest BCUT2D eigenvalue weighted by molar-refractivity contribution is 5.42. The first-order valence-electron chi connectivity index (χ1n) is 5.32. The van der Waals surface area contributed by atoms with Gasteiger partial charge in [0.2, 0.25) is 0 Å². The van der Waals surface area contributed by atoms with E-state index in [9.17, 15) is 5.11 Å². The highest BCUT2D eigenvalue weighted by Crippen LogP contribution is 2.44. The maximum absolute atomic E-state index is 9.61. The van der Waals surface area contributed by atoms with Crippen LogP contribution in [0.2, 0.25) is 0 Å². The van der Waals surface area contributed by atoms with Crippen molar-refractivity contribution in [2.75, 3.05) is 13.7 Å². The Morgan fingerprint density at radius 1 is 1.53 bits per heavy atom. The van der Waals surface area contributed by atoms with Gasteiger partial charge in [0.15, 0.2) is 0 Å². The fourth-order valence-corrected chi connectivity index (χ4v) is 1.80. The Labute approximate surface area is 89.9 Å². The van der Waals surface area contributed by atoms with Crippen LogP contribution in [0.25, 0.3) is 0 Å². The fourth-order valence-electron chi connectivity index (χ4n) is 1.80. The van der Waals surface area contributed by atoms with E-state index >= 15 is 0 Å². The Morgan fingerprint density at radius 2 is 2.27 bits per heavy atom. The molecule has 1 fully saturated rings. The molecule has 1 atom stereocenters. The fraction of sp³-hybridized carbons (Fsp3) is 0.500. The number of hydrogen-bond donors (Lipinski definition) is 2. The molecule has 0 amide bonds. The standard InChI is InChI=1S/C12H17NO2/c1-15-12-6-9(11(14)7-13)4-5-10(12)8-2-3-8/h4-6,8,11,14H,2-3,7,13H2,1H3. The number of aliphatic hydroxyl groups is 1. The van der Waals surface area contributed by atoms with Crippen molar-refractivity contribution in [3.63, 3.8) is 0 Å². The predicted molar refractivity (Wildman–Crippen MR) is 59.0 cm³/mol. The van der Waals surface area contributed by atoms with Gasteiger partial charge in [0.1, 0.15) is 5.75 Å². The first-order chi connectivity index (χ1) is 7.26. The minimum absolute atomic E-state index is 0.242. The summed E-state index contributed by atoms with van der Waals surface area (Å²) in [5, 5.41) is 9.61. The molecule has 0 bridgehead atoms. The molecular formula is C12H17NO2. The van der Waals surface area contributed by atoms with Gasteiger partial charge in [0.05, 0.1) is 13.2 Å². The molecule has 1 saturated carbocycles. The van der Waals surface area contributed by atoms with E-state index in [1.807, 2.05) is 18.2 Å². The molecule has 1 unspecified atom stereocenters. The van der Waals surface area contributed by atoms with E-state index in [1.54, 1.807) is 7.11 Å². The van der Waals surface area contributed by atoms with Crippen LogP contribution in [-0.2, 0) is 0 Å². The molecule has 0 radical (unpaired) electrons. The van der Waals surface area contributed by atoms with Gasteiger partial charge in [-0.1, -0.05) is 12.1 Å². The molecule has 1 aliphatic carbocycles. The summed E-state index contributed by atoms with van der Waals surface area (Å²) in [4.78, 5) is 0. The van der Waals surface area contributed by atoms with E-state index in [0.29, 0.717) is 5.92 Å². The van der Waals surface area contributed by atoms with E-state index in [1.165, 1.54) is 18.4 Å². The van der Waals surface area contributed by atoms with Crippen LogP contribution in [0.5, 0.6) is 5.75 Å². The lowest BCUT2D eigenvalue weighted by Gasteiger charge is -2.13. The summed E-state index contributed by atoms with van der Waals surface area (Å²) in [7, 11) is 1.67. The highest BCUT2D eigenvalue weighted by atomic mass is 16.5. The summed E-state index contributed by atoms with van der Waals surface area (Å²) in [6, 6.07) is 5.88. The quantitative estimate of drug-likeness (QED) is 0.787. The lowest BCUT2D eigenvalue weighted by molar-refractivity contribution is 0.186. The van der Waals surface area contributed by atoms with Gasteiger partial charge in [0, 0.05) is 6.54 Å². The third-order valence-corrected chi connectivity index (χ3v) is 2.88. The molecular weight excluding hydrogens is 190 g/mol. The lowest BCUT2D eigenvalue weighted by atomic mass is 10.0. The number of nitrogens with two attached hydrogens (primary N) is 1. The molecule has 0 aromatic heterocycles. The van der Waals surface area contributed by atoms with Crippen LogP contribution in [0, 0.1) is 0 Å². The van der Waals surface area contributed by atoms with Crippen molar-refractivity contribution in [1.82, 2.24) is 0 Å². The minimum atomic E-state index is -0.591.